The molecule has 1 saturated heterocycles. The van der Waals surface area contributed by atoms with Crippen molar-refractivity contribution in [1.82, 2.24) is 10.3 Å². The first-order valence-corrected chi connectivity index (χ1v) is 12.0. The molecule has 1 aliphatic heterocycles. The van der Waals surface area contributed by atoms with Gasteiger partial charge in [-0.15, -0.1) is 0 Å². The Bertz CT molecular complexity index is 1260. The molecule has 2 aliphatic rings. The van der Waals surface area contributed by atoms with Gasteiger partial charge in [-0.2, -0.15) is 0 Å². The van der Waals surface area contributed by atoms with Gasteiger partial charge in [0.1, 0.15) is 11.5 Å². The number of anilines is 1. The minimum Gasteiger partial charge on any atom is -0.457 e. The Balaban J connectivity index is 1.31. The summed E-state index contributed by atoms with van der Waals surface area (Å²) in [6.45, 7) is 3.72. The average Bonchev–Trinajstić information content (AvgIpc) is 2.84. The quantitative estimate of drug-likeness (QED) is 0.400. The van der Waals surface area contributed by atoms with Crippen molar-refractivity contribution in [2.45, 2.75) is 32.2 Å². The van der Waals surface area contributed by atoms with Gasteiger partial charge >= 0.3 is 0 Å². The van der Waals surface area contributed by atoms with Crippen LogP contribution in [0.1, 0.15) is 41.3 Å². The predicted octanol–water partition coefficient (Wildman–Crippen LogP) is 5.05. The van der Waals surface area contributed by atoms with Gasteiger partial charge < -0.3 is 25.5 Å². The summed E-state index contributed by atoms with van der Waals surface area (Å²) in [6, 6.07) is 15.4. The average molecular weight is 471 g/mol. The first kappa shape index (κ1) is 23.1. The van der Waals surface area contributed by atoms with Gasteiger partial charge in [-0.3, -0.25) is 9.78 Å². The van der Waals surface area contributed by atoms with Crippen LogP contribution >= 0.6 is 0 Å². The number of nitrogens with one attached hydrogen (secondary N) is 3. The summed E-state index contributed by atoms with van der Waals surface area (Å²) in [5.74, 6) is 1.33. The van der Waals surface area contributed by atoms with E-state index in [2.05, 4.69) is 22.5 Å². The molecule has 2 heterocycles. The lowest BCUT2D eigenvalue weighted by atomic mass is 9.64. The van der Waals surface area contributed by atoms with Gasteiger partial charge in [0, 0.05) is 65.4 Å². The molecule has 0 bridgehead atoms. The first-order valence-electron chi connectivity index (χ1n) is 12.0. The van der Waals surface area contributed by atoms with E-state index in [1.165, 1.54) is 6.21 Å². The monoisotopic (exact) mass is 470 g/mol. The van der Waals surface area contributed by atoms with Crippen molar-refractivity contribution in [3.63, 3.8) is 0 Å². The summed E-state index contributed by atoms with van der Waals surface area (Å²) in [6.07, 6.45) is 5.80. The fourth-order valence-electron chi connectivity index (χ4n) is 4.95. The maximum atomic E-state index is 13.0. The van der Waals surface area contributed by atoms with Gasteiger partial charge in [0.25, 0.3) is 5.91 Å². The lowest BCUT2D eigenvalue weighted by Crippen LogP contribution is -2.59. The summed E-state index contributed by atoms with van der Waals surface area (Å²) in [5.41, 5.74) is 5.38. The van der Waals surface area contributed by atoms with Crippen LogP contribution in [0.4, 0.5) is 5.69 Å². The highest BCUT2D eigenvalue weighted by molar-refractivity contribution is 5.96. The fraction of sp³-hybridized carbons (Fsp3) is 0.321. The third-order valence-electron chi connectivity index (χ3n) is 6.95. The number of amides is 1. The number of benzene rings is 2. The standard InChI is InChI=1S/C28H30N4O3/c1-3-18-10-19(5-7-24(18)27(33)32-21-13-28(14-21)16-34-17-28)26-12-23(8-9-31-26)35-22-6-4-20(15-29)25(11-22)30-2/h4-12,15,21,29-30H,3,13-14,16-17H2,1-2H3,(H,32,33). The number of aromatic nitrogens is 1. The Morgan fingerprint density at radius 1 is 1.17 bits per heavy atom. The molecule has 2 aromatic carbocycles. The number of pyridine rings is 1. The van der Waals surface area contributed by atoms with Crippen molar-refractivity contribution in [3.8, 4) is 22.8 Å². The van der Waals surface area contributed by atoms with Gasteiger partial charge in [0.15, 0.2) is 0 Å². The molecule has 35 heavy (non-hydrogen) atoms. The van der Waals surface area contributed by atoms with E-state index < -0.39 is 0 Å². The number of hydrogen-bond acceptors (Lipinski definition) is 6. The number of nitrogens with zero attached hydrogens (tertiary/aromatic N) is 1. The zero-order valence-electron chi connectivity index (χ0n) is 20.1. The van der Waals surface area contributed by atoms with Crippen LogP contribution in [-0.2, 0) is 11.2 Å². The van der Waals surface area contributed by atoms with Crippen molar-refractivity contribution in [2.24, 2.45) is 5.41 Å². The summed E-state index contributed by atoms with van der Waals surface area (Å²) >= 11 is 0. The van der Waals surface area contributed by atoms with Crippen LogP contribution in [0.5, 0.6) is 11.5 Å². The summed E-state index contributed by atoms with van der Waals surface area (Å²) in [5, 5.41) is 13.8. The molecule has 7 nitrogen and oxygen atoms in total. The maximum Gasteiger partial charge on any atom is 0.251 e. The third-order valence-corrected chi connectivity index (χ3v) is 6.95. The largest absolute Gasteiger partial charge is 0.457 e. The first-order chi connectivity index (χ1) is 17.0. The second kappa shape index (κ2) is 9.50. The normalized spacial score (nSPS) is 16.2. The third kappa shape index (κ3) is 4.64. The smallest absolute Gasteiger partial charge is 0.251 e. The molecule has 7 heteroatoms. The Hall–Kier alpha value is -3.71. The van der Waals surface area contributed by atoms with Crippen LogP contribution in [-0.4, -0.2) is 43.4 Å². The van der Waals surface area contributed by atoms with Crippen LogP contribution < -0.4 is 15.4 Å². The topological polar surface area (TPSA) is 96.3 Å². The van der Waals surface area contributed by atoms with E-state index in [9.17, 15) is 4.79 Å². The molecule has 5 rings (SSSR count). The maximum absolute atomic E-state index is 13.0. The molecule has 0 unspecified atom stereocenters. The molecule has 1 saturated carbocycles. The molecule has 3 N–H and O–H groups in total. The van der Waals surface area contributed by atoms with Crippen molar-refractivity contribution >= 4 is 17.8 Å². The lowest BCUT2D eigenvalue weighted by Gasteiger charge is -2.53. The molecular weight excluding hydrogens is 440 g/mol. The Morgan fingerprint density at radius 2 is 1.97 bits per heavy atom. The molecular formula is C28H30N4O3. The SMILES string of the molecule is CCc1cc(-c2cc(Oc3ccc(C=N)c(NC)c3)ccn2)ccc1C(=O)NC1CC2(COC2)C1. The van der Waals surface area contributed by atoms with Crippen molar-refractivity contribution in [2.75, 3.05) is 25.6 Å². The lowest BCUT2D eigenvalue weighted by molar-refractivity contribution is -0.165. The number of carbonyl (C=O) groups is 1. The van der Waals surface area contributed by atoms with Gasteiger partial charge in [0.05, 0.1) is 18.9 Å². The molecule has 3 aromatic rings. The molecule has 1 spiro atoms. The van der Waals surface area contributed by atoms with E-state index in [1.54, 1.807) is 6.20 Å². The van der Waals surface area contributed by atoms with Crippen LogP contribution in [0.2, 0.25) is 0 Å². The highest BCUT2D eigenvalue weighted by Gasteiger charge is 2.50. The summed E-state index contributed by atoms with van der Waals surface area (Å²) < 4.78 is 11.4. The number of hydrogen-bond donors (Lipinski definition) is 3. The second-order valence-electron chi connectivity index (χ2n) is 9.42. The van der Waals surface area contributed by atoms with E-state index >= 15 is 0 Å². The molecule has 1 aliphatic carbocycles. The van der Waals surface area contributed by atoms with Crippen LogP contribution in [0.3, 0.4) is 0 Å². The minimum atomic E-state index is -0.00718. The molecule has 180 valence electrons. The predicted molar refractivity (Wildman–Crippen MR) is 137 cm³/mol. The Kier molecular flexibility index (Phi) is 6.26. The highest BCUT2D eigenvalue weighted by Crippen LogP contribution is 2.47. The van der Waals surface area contributed by atoms with E-state index in [0.717, 1.165) is 66.1 Å². The zero-order valence-corrected chi connectivity index (χ0v) is 20.1. The van der Waals surface area contributed by atoms with Gasteiger partial charge in [-0.1, -0.05) is 13.0 Å². The molecule has 0 atom stereocenters. The Morgan fingerprint density at radius 3 is 2.66 bits per heavy atom. The van der Waals surface area contributed by atoms with E-state index in [0.29, 0.717) is 16.9 Å². The van der Waals surface area contributed by atoms with Crippen LogP contribution in [0, 0.1) is 10.8 Å². The molecule has 2 fully saturated rings. The molecule has 0 radical (unpaired) electrons. The summed E-state index contributed by atoms with van der Waals surface area (Å²) in [4.78, 5) is 17.5. The number of carbonyl (C=O) groups excluding carboxylic acids is 1. The van der Waals surface area contributed by atoms with Crippen molar-refractivity contribution in [1.29, 1.82) is 5.41 Å². The molecule has 1 amide bonds. The minimum absolute atomic E-state index is 0.00718. The number of ether oxygens (including phenoxy) is 2. The zero-order chi connectivity index (χ0) is 24.4. The van der Waals surface area contributed by atoms with Crippen molar-refractivity contribution < 1.29 is 14.3 Å². The van der Waals surface area contributed by atoms with E-state index in [4.69, 9.17) is 14.9 Å². The fourth-order valence-corrected chi connectivity index (χ4v) is 4.95. The molecule has 1 aromatic heterocycles. The highest BCUT2D eigenvalue weighted by atomic mass is 16.5. The second-order valence-corrected chi connectivity index (χ2v) is 9.42. The van der Waals surface area contributed by atoms with E-state index in [-0.39, 0.29) is 11.9 Å². The number of aryl methyl sites for hydroxylation is 1. The van der Waals surface area contributed by atoms with Gasteiger partial charge in [-0.25, -0.2) is 0 Å². The van der Waals surface area contributed by atoms with Crippen LogP contribution in [0.25, 0.3) is 11.3 Å². The Labute approximate surface area is 205 Å². The van der Waals surface area contributed by atoms with Gasteiger partial charge in [-0.05, 0) is 55.2 Å². The van der Waals surface area contributed by atoms with Crippen molar-refractivity contribution in [3.05, 3.63) is 71.4 Å². The number of rotatable bonds is 8. The van der Waals surface area contributed by atoms with Crippen LogP contribution in [0.15, 0.2) is 54.7 Å². The van der Waals surface area contributed by atoms with E-state index in [1.807, 2.05) is 55.6 Å². The van der Waals surface area contributed by atoms with Gasteiger partial charge in [0.2, 0.25) is 0 Å². The summed E-state index contributed by atoms with van der Waals surface area (Å²) in [7, 11) is 1.82.